The highest BCUT2D eigenvalue weighted by molar-refractivity contribution is 5.01. The third-order valence-corrected chi connectivity index (χ3v) is 3.47. The molecule has 0 heterocycles. The average molecular weight is 170 g/mol. The quantitative estimate of drug-likeness (QED) is 0.578. The van der Waals surface area contributed by atoms with Crippen molar-refractivity contribution < 1.29 is 0 Å². The minimum atomic E-state index is -0.0822. The minimum Gasteiger partial charge on any atom is -0.325 e. The molecule has 1 saturated carbocycles. The zero-order chi connectivity index (χ0) is 9.57. The summed E-state index contributed by atoms with van der Waals surface area (Å²) in [5.41, 5.74) is 12.2. The zero-order valence-electron chi connectivity index (χ0n) is 8.72. The van der Waals surface area contributed by atoms with E-state index in [0.29, 0.717) is 11.8 Å². The maximum atomic E-state index is 6.21. The summed E-state index contributed by atoms with van der Waals surface area (Å²) in [5.74, 6) is 1.22. The molecule has 72 valence electrons. The number of hydrogen-bond donors (Lipinski definition) is 2. The van der Waals surface area contributed by atoms with Gasteiger partial charge in [-0.15, -0.1) is 0 Å². The van der Waals surface area contributed by atoms with Crippen molar-refractivity contribution >= 4 is 0 Å². The van der Waals surface area contributed by atoms with E-state index in [4.69, 9.17) is 11.5 Å². The van der Waals surface area contributed by atoms with E-state index < -0.39 is 0 Å². The Morgan fingerprint density at radius 2 is 1.67 bits per heavy atom. The van der Waals surface area contributed by atoms with Crippen LogP contribution in [0, 0.1) is 11.8 Å². The molecule has 4 unspecified atom stereocenters. The number of hydrogen-bond acceptors (Lipinski definition) is 2. The fourth-order valence-corrected chi connectivity index (χ4v) is 2.67. The van der Waals surface area contributed by atoms with Crippen LogP contribution in [0.5, 0.6) is 0 Å². The maximum Gasteiger partial charge on any atom is 0.0171 e. The highest BCUT2D eigenvalue weighted by Gasteiger charge is 2.42. The van der Waals surface area contributed by atoms with Gasteiger partial charge in [0.05, 0.1) is 0 Å². The van der Waals surface area contributed by atoms with Crippen molar-refractivity contribution in [2.75, 3.05) is 0 Å². The van der Waals surface area contributed by atoms with Crippen LogP contribution in [0.2, 0.25) is 0 Å². The van der Waals surface area contributed by atoms with Crippen LogP contribution in [0.25, 0.3) is 0 Å². The molecule has 1 aliphatic rings. The summed E-state index contributed by atoms with van der Waals surface area (Å²) in [6.45, 7) is 8.72. The molecule has 0 bridgehead atoms. The molecule has 0 saturated heterocycles. The summed E-state index contributed by atoms with van der Waals surface area (Å²) in [6.07, 6.45) is 2.03. The van der Waals surface area contributed by atoms with Crippen LogP contribution in [0.4, 0.5) is 0 Å². The van der Waals surface area contributed by atoms with E-state index in [9.17, 15) is 0 Å². The predicted octanol–water partition coefficient (Wildman–Crippen LogP) is 1.49. The normalized spacial score (nSPS) is 55.5. The lowest BCUT2D eigenvalue weighted by molar-refractivity contribution is 0.0998. The van der Waals surface area contributed by atoms with Crippen molar-refractivity contribution in [3.8, 4) is 0 Å². The van der Waals surface area contributed by atoms with Gasteiger partial charge in [0.25, 0.3) is 0 Å². The Morgan fingerprint density at radius 1 is 1.17 bits per heavy atom. The fourth-order valence-electron chi connectivity index (χ4n) is 2.67. The van der Waals surface area contributed by atoms with Crippen molar-refractivity contribution in [3.63, 3.8) is 0 Å². The molecule has 4 atom stereocenters. The first kappa shape index (κ1) is 10.0. The predicted molar refractivity (Wildman–Crippen MR) is 52.7 cm³/mol. The van der Waals surface area contributed by atoms with E-state index in [1.54, 1.807) is 0 Å². The lowest BCUT2D eigenvalue weighted by Crippen LogP contribution is -2.59. The van der Waals surface area contributed by atoms with Gasteiger partial charge in [-0.1, -0.05) is 13.8 Å². The van der Waals surface area contributed by atoms with Gasteiger partial charge in [-0.2, -0.15) is 0 Å². The SMILES string of the molecule is CC1CC(C)(N)CC(C)(N)C1C. The van der Waals surface area contributed by atoms with Gasteiger partial charge >= 0.3 is 0 Å². The molecule has 2 nitrogen and oxygen atoms in total. The summed E-state index contributed by atoms with van der Waals surface area (Å²) >= 11 is 0. The molecule has 0 spiro atoms. The summed E-state index contributed by atoms with van der Waals surface area (Å²) in [6, 6.07) is 0. The molecular weight excluding hydrogens is 148 g/mol. The highest BCUT2D eigenvalue weighted by atomic mass is 14.8. The van der Waals surface area contributed by atoms with Crippen molar-refractivity contribution in [2.24, 2.45) is 23.3 Å². The Morgan fingerprint density at radius 3 is 2.08 bits per heavy atom. The second kappa shape index (κ2) is 2.71. The van der Waals surface area contributed by atoms with E-state index in [0.717, 1.165) is 12.8 Å². The molecule has 0 aromatic rings. The summed E-state index contributed by atoms with van der Waals surface area (Å²) < 4.78 is 0. The summed E-state index contributed by atoms with van der Waals surface area (Å²) in [4.78, 5) is 0. The largest absolute Gasteiger partial charge is 0.325 e. The van der Waals surface area contributed by atoms with Gasteiger partial charge in [0.15, 0.2) is 0 Å². The van der Waals surface area contributed by atoms with Crippen molar-refractivity contribution in [3.05, 3.63) is 0 Å². The van der Waals surface area contributed by atoms with Gasteiger partial charge in [0.1, 0.15) is 0 Å². The molecule has 0 radical (unpaired) electrons. The Kier molecular flexibility index (Phi) is 2.26. The van der Waals surface area contributed by atoms with E-state index in [-0.39, 0.29) is 11.1 Å². The van der Waals surface area contributed by atoms with E-state index in [1.807, 2.05) is 0 Å². The summed E-state index contributed by atoms with van der Waals surface area (Å²) in [5, 5.41) is 0. The van der Waals surface area contributed by atoms with Crippen LogP contribution < -0.4 is 11.5 Å². The van der Waals surface area contributed by atoms with Crippen LogP contribution in [0.15, 0.2) is 0 Å². The van der Waals surface area contributed by atoms with Crippen LogP contribution in [-0.4, -0.2) is 11.1 Å². The first-order valence-electron chi connectivity index (χ1n) is 4.82. The number of rotatable bonds is 0. The first-order valence-corrected chi connectivity index (χ1v) is 4.82. The van der Waals surface area contributed by atoms with Crippen molar-refractivity contribution in [2.45, 2.75) is 51.6 Å². The third kappa shape index (κ3) is 1.80. The van der Waals surface area contributed by atoms with Gasteiger partial charge in [-0.05, 0) is 38.5 Å². The molecule has 0 amide bonds. The summed E-state index contributed by atoms with van der Waals surface area (Å²) in [7, 11) is 0. The van der Waals surface area contributed by atoms with Gasteiger partial charge in [0, 0.05) is 11.1 Å². The van der Waals surface area contributed by atoms with Gasteiger partial charge in [-0.25, -0.2) is 0 Å². The molecule has 0 aromatic carbocycles. The van der Waals surface area contributed by atoms with Crippen LogP contribution in [-0.2, 0) is 0 Å². The van der Waals surface area contributed by atoms with Crippen molar-refractivity contribution in [1.29, 1.82) is 0 Å². The third-order valence-electron chi connectivity index (χ3n) is 3.47. The smallest absolute Gasteiger partial charge is 0.0171 e. The lowest BCUT2D eigenvalue weighted by atomic mass is 9.63. The standard InChI is InChI=1S/C10H22N2/c1-7-5-9(3,11)6-10(4,12)8(7)2/h7-8H,5-6,11-12H2,1-4H3. The molecule has 12 heavy (non-hydrogen) atoms. The second-order valence-corrected chi connectivity index (χ2v) is 5.31. The molecule has 4 N–H and O–H groups in total. The average Bonchev–Trinajstić information content (AvgIpc) is 1.79. The molecular formula is C10H22N2. The first-order chi connectivity index (χ1) is 5.25. The number of nitrogens with two attached hydrogens (primary N) is 2. The Hall–Kier alpha value is -0.0800. The lowest BCUT2D eigenvalue weighted by Gasteiger charge is -2.48. The van der Waals surface area contributed by atoms with Crippen molar-refractivity contribution in [1.82, 2.24) is 0 Å². The molecule has 0 aliphatic heterocycles. The van der Waals surface area contributed by atoms with Gasteiger partial charge in [0.2, 0.25) is 0 Å². The molecule has 1 aliphatic carbocycles. The van der Waals surface area contributed by atoms with Crippen LogP contribution in [0.3, 0.4) is 0 Å². The Balaban J connectivity index is 2.80. The minimum absolute atomic E-state index is 0.0601. The fraction of sp³-hybridized carbons (Fsp3) is 1.00. The highest BCUT2D eigenvalue weighted by Crippen LogP contribution is 2.39. The topological polar surface area (TPSA) is 52.0 Å². The van der Waals surface area contributed by atoms with E-state index in [2.05, 4.69) is 27.7 Å². The molecule has 1 fully saturated rings. The van der Waals surface area contributed by atoms with E-state index >= 15 is 0 Å². The molecule has 1 rings (SSSR count). The van der Waals surface area contributed by atoms with Crippen LogP contribution >= 0.6 is 0 Å². The molecule has 2 heteroatoms. The zero-order valence-corrected chi connectivity index (χ0v) is 8.72. The Labute approximate surface area is 75.7 Å². The molecule has 0 aromatic heterocycles. The van der Waals surface area contributed by atoms with Gasteiger partial charge in [-0.3, -0.25) is 0 Å². The Bertz CT molecular complexity index is 173. The van der Waals surface area contributed by atoms with E-state index in [1.165, 1.54) is 0 Å². The van der Waals surface area contributed by atoms with Crippen LogP contribution in [0.1, 0.15) is 40.5 Å². The van der Waals surface area contributed by atoms with Gasteiger partial charge < -0.3 is 11.5 Å². The monoisotopic (exact) mass is 170 g/mol. The second-order valence-electron chi connectivity index (χ2n) is 5.31. The maximum absolute atomic E-state index is 6.21.